The van der Waals surface area contributed by atoms with Gasteiger partial charge in [-0.3, -0.25) is 0 Å². The standard InChI is InChI=1S/C12H14O/c1-9-6-7-10-4-3-5-12(13-2)11(10)8-9/h3-4,6-8,12H,5H2,1-2H3. The van der Waals surface area contributed by atoms with Gasteiger partial charge in [0.15, 0.2) is 0 Å². The van der Waals surface area contributed by atoms with E-state index in [1.165, 1.54) is 16.7 Å². The number of ether oxygens (including phenoxy) is 1. The third-order valence-corrected chi connectivity index (χ3v) is 2.52. The molecule has 0 radical (unpaired) electrons. The van der Waals surface area contributed by atoms with Gasteiger partial charge in [0.1, 0.15) is 0 Å². The fourth-order valence-electron chi connectivity index (χ4n) is 1.79. The van der Waals surface area contributed by atoms with Crippen molar-refractivity contribution in [3.63, 3.8) is 0 Å². The Kier molecular flexibility index (Phi) is 2.19. The SMILES string of the molecule is COC1CC=Cc2ccc(C)cc21. The monoisotopic (exact) mass is 174 g/mol. The van der Waals surface area contributed by atoms with Gasteiger partial charge in [-0.15, -0.1) is 0 Å². The lowest BCUT2D eigenvalue weighted by molar-refractivity contribution is 0.105. The van der Waals surface area contributed by atoms with Crippen LogP contribution in [0.2, 0.25) is 0 Å². The molecule has 0 heterocycles. The topological polar surface area (TPSA) is 9.23 Å². The van der Waals surface area contributed by atoms with Gasteiger partial charge in [-0.1, -0.05) is 35.9 Å². The molecule has 0 aliphatic heterocycles. The average Bonchev–Trinajstić information content (AvgIpc) is 2.17. The van der Waals surface area contributed by atoms with Gasteiger partial charge in [-0.05, 0) is 24.5 Å². The van der Waals surface area contributed by atoms with E-state index in [2.05, 4.69) is 37.3 Å². The molecule has 0 amide bonds. The molecule has 68 valence electrons. The second-order valence-corrected chi connectivity index (χ2v) is 3.49. The van der Waals surface area contributed by atoms with Gasteiger partial charge >= 0.3 is 0 Å². The van der Waals surface area contributed by atoms with Crippen LogP contribution in [0.4, 0.5) is 0 Å². The van der Waals surface area contributed by atoms with E-state index in [1.807, 2.05) is 0 Å². The first kappa shape index (κ1) is 8.52. The molecular formula is C12H14O. The lowest BCUT2D eigenvalue weighted by atomic mass is 9.93. The molecule has 1 aromatic rings. The molecule has 2 rings (SSSR count). The molecule has 13 heavy (non-hydrogen) atoms. The van der Waals surface area contributed by atoms with E-state index in [9.17, 15) is 0 Å². The smallest absolute Gasteiger partial charge is 0.0861 e. The molecule has 0 spiro atoms. The Labute approximate surface area is 79.0 Å². The summed E-state index contributed by atoms with van der Waals surface area (Å²) >= 11 is 0. The predicted octanol–water partition coefficient (Wildman–Crippen LogP) is 3.10. The Morgan fingerprint density at radius 1 is 1.38 bits per heavy atom. The zero-order valence-corrected chi connectivity index (χ0v) is 8.08. The highest BCUT2D eigenvalue weighted by atomic mass is 16.5. The van der Waals surface area contributed by atoms with Crippen molar-refractivity contribution in [2.75, 3.05) is 7.11 Å². The van der Waals surface area contributed by atoms with Crippen molar-refractivity contribution in [3.05, 3.63) is 41.0 Å². The van der Waals surface area contributed by atoms with Crippen molar-refractivity contribution in [1.82, 2.24) is 0 Å². The van der Waals surface area contributed by atoms with E-state index < -0.39 is 0 Å². The van der Waals surface area contributed by atoms with E-state index in [1.54, 1.807) is 7.11 Å². The number of hydrogen-bond donors (Lipinski definition) is 0. The summed E-state index contributed by atoms with van der Waals surface area (Å²) in [5.41, 5.74) is 3.92. The summed E-state index contributed by atoms with van der Waals surface area (Å²) in [6, 6.07) is 6.51. The summed E-state index contributed by atoms with van der Waals surface area (Å²) < 4.78 is 5.42. The van der Waals surface area contributed by atoms with Crippen LogP contribution >= 0.6 is 0 Å². The van der Waals surface area contributed by atoms with Crippen LogP contribution in [0, 0.1) is 6.92 Å². The Balaban J connectivity index is 2.48. The Hall–Kier alpha value is -1.08. The number of rotatable bonds is 1. The maximum Gasteiger partial charge on any atom is 0.0861 e. The van der Waals surface area contributed by atoms with Crippen LogP contribution < -0.4 is 0 Å². The van der Waals surface area contributed by atoms with Gasteiger partial charge in [0, 0.05) is 7.11 Å². The second kappa shape index (κ2) is 3.35. The number of benzene rings is 1. The van der Waals surface area contributed by atoms with Gasteiger partial charge in [-0.2, -0.15) is 0 Å². The molecule has 0 saturated heterocycles. The van der Waals surface area contributed by atoms with Crippen LogP contribution in [0.25, 0.3) is 6.08 Å². The van der Waals surface area contributed by atoms with Crippen LogP contribution in [0.5, 0.6) is 0 Å². The first-order valence-electron chi connectivity index (χ1n) is 4.61. The Bertz CT molecular complexity index is 339. The number of aryl methyl sites for hydroxylation is 1. The van der Waals surface area contributed by atoms with E-state index in [0.717, 1.165) is 6.42 Å². The second-order valence-electron chi connectivity index (χ2n) is 3.49. The minimum Gasteiger partial charge on any atom is -0.376 e. The number of hydrogen-bond acceptors (Lipinski definition) is 1. The third kappa shape index (κ3) is 1.52. The molecule has 1 aliphatic rings. The van der Waals surface area contributed by atoms with Gasteiger partial charge in [-0.25, -0.2) is 0 Å². The van der Waals surface area contributed by atoms with E-state index in [4.69, 9.17) is 4.74 Å². The molecule has 1 nitrogen and oxygen atoms in total. The fraction of sp³-hybridized carbons (Fsp3) is 0.333. The summed E-state index contributed by atoms with van der Waals surface area (Å²) in [4.78, 5) is 0. The van der Waals surface area contributed by atoms with E-state index >= 15 is 0 Å². The highest BCUT2D eigenvalue weighted by molar-refractivity contribution is 5.57. The molecule has 0 fully saturated rings. The minimum atomic E-state index is 0.250. The zero-order valence-electron chi connectivity index (χ0n) is 8.08. The first-order chi connectivity index (χ1) is 6.31. The number of fused-ring (bicyclic) bond motifs is 1. The Morgan fingerprint density at radius 2 is 2.23 bits per heavy atom. The summed E-state index contributed by atoms with van der Waals surface area (Å²) in [6.07, 6.45) is 5.59. The van der Waals surface area contributed by atoms with Crippen molar-refractivity contribution in [2.45, 2.75) is 19.4 Å². The van der Waals surface area contributed by atoms with Crippen LogP contribution in [0.1, 0.15) is 29.2 Å². The fourth-order valence-corrected chi connectivity index (χ4v) is 1.79. The van der Waals surface area contributed by atoms with Gasteiger partial charge < -0.3 is 4.74 Å². The van der Waals surface area contributed by atoms with Gasteiger partial charge in [0.25, 0.3) is 0 Å². The van der Waals surface area contributed by atoms with Crippen molar-refractivity contribution in [2.24, 2.45) is 0 Å². The lowest BCUT2D eigenvalue weighted by Gasteiger charge is -2.20. The quantitative estimate of drug-likeness (QED) is 0.635. The largest absolute Gasteiger partial charge is 0.376 e. The molecule has 1 aromatic carbocycles. The summed E-state index contributed by atoms with van der Waals surface area (Å²) in [5.74, 6) is 0. The molecule has 1 aliphatic carbocycles. The third-order valence-electron chi connectivity index (χ3n) is 2.52. The molecule has 1 unspecified atom stereocenters. The van der Waals surface area contributed by atoms with Crippen molar-refractivity contribution < 1.29 is 4.74 Å². The normalized spacial score (nSPS) is 20.0. The summed E-state index contributed by atoms with van der Waals surface area (Å²) in [5, 5.41) is 0. The van der Waals surface area contributed by atoms with Crippen molar-refractivity contribution in [1.29, 1.82) is 0 Å². The molecule has 1 atom stereocenters. The Morgan fingerprint density at radius 3 is 3.00 bits per heavy atom. The first-order valence-corrected chi connectivity index (χ1v) is 4.61. The van der Waals surface area contributed by atoms with Crippen LogP contribution in [0.3, 0.4) is 0 Å². The molecule has 1 heteroatoms. The summed E-state index contributed by atoms with van der Waals surface area (Å²) in [7, 11) is 1.77. The molecule has 0 N–H and O–H groups in total. The summed E-state index contributed by atoms with van der Waals surface area (Å²) in [6.45, 7) is 2.12. The van der Waals surface area contributed by atoms with Crippen LogP contribution in [-0.4, -0.2) is 7.11 Å². The highest BCUT2D eigenvalue weighted by Gasteiger charge is 2.15. The van der Waals surface area contributed by atoms with E-state index in [-0.39, 0.29) is 6.10 Å². The van der Waals surface area contributed by atoms with Crippen molar-refractivity contribution >= 4 is 6.08 Å². The molecule has 0 aromatic heterocycles. The number of methoxy groups -OCH3 is 1. The molecule has 0 saturated carbocycles. The minimum absolute atomic E-state index is 0.250. The van der Waals surface area contributed by atoms with Crippen LogP contribution in [-0.2, 0) is 4.74 Å². The lowest BCUT2D eigenvalue weighted by Crippen LogP contribution is -2.05. The van der Waals surface area contributed by atoms with Gasteiger partial charge in [0.2, 0.25) is 0 Å². The van der Waals surface area contributed by atoms with Crippen molar-refractivity contribution in [3.8, 4) is 0 Å². The average molecular weight is 174 g/mol. The van der Waals surface area contributed by atoms with Crippen LogP contribution in [0.15, 0.2) is 24.3 Å². The van der Waals surface area contributed by atoms with Gasteiger partial charge in [0.05, 0.1) is 6.10 Å². The molecule has 0 bridgehead atoms. The highest BCUT2D eigenvalue weighted by Crippen LogP contribution is 2.30. The molecular weight excluding hydrogens is 160 g/mol. The predicted molar refractivity (Wildman–Crippen MR) is 54.6 cm³/mol. The maximum atomic E-state index is 5.42. The zero-order chi connectivity index (χ0) is 9.26. The van der Waals surface area contributed by atoms with E-state index in [0.29, 0.717) is 0 Å². The maximum absolute atomic E-state index is 5.42.